The summed E-state index contributed by atoms with van der Waals surface area (Å²) in [7, 11) is 0. The lowest BCUT2D eigenvalue weighted by atomic mass is 10.0. The predicted molar refractivity (Wildman–Crippen MR) is 129 cm³/mol. The van der Waals surface area contributed by atoms with Crippen molar-refractivity contribution in [2.24, 2.45) is 0 Å². The summed E-state index contributed by atoms with van der Waals surface area (Å²) in [6.45, 7) is 8.72. The van der Waals surface area contributed by atoms with Crippen LogP contribution in [0.15, 0.2) is 70.1 Å². The normalized spacial score (nSPS) is 15.5. The van der Waals surface area contributed by atoms with Crippen LogP contribution in [0.4, 0.5) is 0 Å². The van der Waals surface area contributed by atoms with Crippen molar-refractivity contribution >= 4 is 21.7 Å². The van der Waals surface area contributed by atoms with Gasteiger partial charge in [-0.2, -0.15) is 0 Å². The average Bonchev–Trinajstić information content (AvgIpc) is 2.75. The third kappa shape index (κ3) is 7.02. The van der Waals surface area contributed by atoms with Gasteiger partial charge in [0, 0.05) is 40.5 Å². The van der Waals surface area contributed by atoms with Gasteiger partial charge in [-0.3, -0.25) is 4.79 Å². The summed E-state index contributed by atoms with van der Waals surface area (Å²) in [6, 6.07) is 6.02. The van der Waals surface area contributed by atoms with Crippen molar-refractivity contribution < 1.29 is 9.53 Å². The number of allylic oxidation sites excluding steroid dienone is 6. The number of halogens is 1. The maximum Gasteiger partial charge on any atom is 0.170 e. The molecule has 0 spiro atoms. The van der Waals surface area contributed by atoms with Gasteiger partial charge < -0.3 is 9.64 Å². The van der Waals surface area contributed by atoms with E-state index in [0.717, 1.165) is 47.9 Å². The third-order valence-electron chi connectivity index (χ3n) is 5.15. The maximum absolute atomic E-state index is 12.0. The Morgan fingerprint density at radius 3 is 2.67 bits per heavy atom. The van der Waals surface area contributed by atoms with Crippen LogP contribution in [0.5, 0.6) is 5.75 Å². The molecule has 1 aromatic carbocycles. The van der Waals surface area contributed by atoms with Crippen LogP contribution in [0.25, 0.3) is 0 Å². The average molecular weight is 472 g/mol. The van der Waals surface area contributed by atoms with Crippen LogP contribution in [0.1, 0.15) is 65.4 Å². The molecular formula is C26H34BrNO2. The number of ether oxygens (including phenoxy) is 1. The number of nitrogens with zero attached hydrogens (tertiary/aromatic N) is 1. The first-order valence-electron chi connectivity index (χ1n) is 11.0. The largest absolute Gasteiger partial charge is 0.486 e. The topological polar surface area (TPSA) is 29.5 Å². The molecule has 0 fully saturated rings. The SMILES string of the molecule is CCC/C=C1\C=CC=CN1/C(Cc1cc(Br)ccc1OCC(=O)CCC)=C(\C)CC. The number of ketones is 1. The molecule has 4 heteroatoms. The predicted octanol–water partition coefficient (Wildman–Crippen LogP) is 7.49. The molecule has 3 nitrogen and oxygen atoms in total. The molecule has 0 amide bonds. The number of hydrogen-bond acceptors (Lipinski definition) is 3. The van der Waals surface area contributed by atoms with Crippen molar-refractivity contribution in [3.05, 3.63) is 75.7 Å². The fraction of sp³-hybridized carbons (Fsp3) is 0.423. The van der Waals surface area contributed by atoms with Crippen molar-refractivity contribution in [3.8, 4) is 5.75 Å². The molecule has 0 bridgehead atoms. The zero-order valence-corrected chi connectivity index (χ0v) is 20.3. The van der Waals surface area contributed by atoms with Gasteiger partial charge in [0.1, 0.15) is 12.4 Å². The molecule has 1 aromatic rings. The number of benzene rings is 1. The first-order chi connectivity index (χ1) is 14.5. The number of hydrogen-bond donors (Lipinski definition) is 0. The smallest absolute Gasteiger partial charge is 0.170 e. The Balaban J connectivity index is 2.35. The van der Waals surface area contributed by atoms with Gasteiger partial charge in [0.2, 0.25) is 0 Å². The van der Waals surface area contributed by atoms with Crippen LogP contribution in [0.2, 0.25) is 0 Å². The highest BCUT2D eigenvalue weighted by atomic mass is 79.9. The van der Waals surface area contributed by atoms with Crippen molar-refractivity contribution in [3.63, 3.8) is 0 Å². The van der Waals surface area contributed by atoms with Gasteiger partial charge in [-0.05, 0) is 56.5 Å². The van der Waals surface area contributed by atoms with Crippen LogP contribution in [0, 0.1) is 0 Å². The Morgan fingerprint density at radius 1 is 1.17 bits per heavy atom. The summed E-state index contributed by atoms with van der Waals surface area (Å²) in [5.41, 5.74) is 4.88. The number of unbranched alkanes of at least 4 members (excludes halogenated alkanes) is 1. The van der Waals surface area contributed by atoms with Crippen LogP contribution in [-0.2, 0) is 11.2 Å². The number of carbonyl (C=O) groups is 1. The zero-order valence-electron chi connectivity index (χ0n) is 18.7. The van der Waals surface area contributed by atoms with E-state index in [-0.39, 0.29) is 12.4 Å². The van der Waals surface area contributed by atoms with E-state index in [1.54, 1.807) is 0 Å². The van der Waals surface area contributed by atoms with Gasteiger partial charge in [0.25, 0.3) is 0 Å². The number of carbonyl (C=O) groups excluding carboxylic acids is 1. The molecule has 0 atom stereocenters. The van der Waals surface area contributed by atoms with Gasteiger partial charge >= 0.3 is 0 Å². The highest BCUT2D eigenvalue weighted by Gasteiger charge is 2.18. The second-order valence-corrected chi connectivity index (χ2v) is 8.49. The van der Waals surface area contributed by atoms with E-state index in [2.05, 4.69) is 78.2 Å². The summed E-state index contributed by atoms with van der Waals surface area (Å²) in [6.07, 6.45) is 16.1. The molecule has 2 rings (SSSR count). The molecule has 30 heavy (non-hydrogen) atoms. The molecule has 1 aliphatic rings. The second-order valence-electron chi connectivity index (χ2n) is 7.58. The van der Waals surface area contributed by atoms with Crippen LogP contribution in [0.3, 0.4) is 0 Å². The minimum atomic E-state index is 0.127. The summed E-state index contributed by atoms with van der Waals surface area (Å²) in [5, 5.41) is 0. The Bertz CT molecular complexity index is 849. The minimum Gasteiger partial charge on any atom is -0.486 e. The molecule has 0 aromatic heterocycles. The fourth-order valence-electron chi connectivity index (χ4n) is 3.32. The van der Waals surface area contributed by atoms with Gasteiger partial charge in [0.05, 0.1) is 0 Å². The van der Waals surface area contributed by atoms with Gasteiger partial charge in [-0.1, -0.05) is 60.8 Å². The maximum atomic E-state index is 12.0. The van der Waals surface area contributed by atoms with E-state index in [4.69, 9.17) is 4.74 Å². The van der Waals surface area contributed by atoms with Crippen molar-refractivity contribution in [1.82, 2.24) is 4.90 Å². The number of Topliss-reactive ketones (excluding diaryl/α,β-unsaturated/α-hetero) is 1. The lowest BCUT2D eigenvalue weighted by Crippen LogP contribution is -2.20. The first-order valence-corrected chi connectivity index (χ1v) is 11.7. The van der Waals surface area contributed by atoms with E-state index < -0.39 is 0 Å². The Hall–Kier alpha value is -2.07. The van der Waals surface area contributed by atoms with Gasteiger partial charge in [-0.25, -0.2) is 0 Å². The molecule has 0 saturated carbocycles. The standard InChI is InChI=1S/C26H34BrNO2/c1-5-8-12-23-13-9-10-16-28(23)25(20(4)7-3)18-21-17-22(27)14-15-26(21)30-19-24(29)11-6-2/h9-10,12-17H,5-8,11,18-19H2,1-4H3/b23-12+,25-20+. The fourth-order valence-corrected chi connectivity index (χ4v) is 3.73. The van der Waals surface area contributed by atoms with Gasteiger partial charge in [-0.15, -0.1) is 0 Å². The van der Waals surface area contributed by atoms with Crippen molar-refractivity contribution in [1.29, 1.82) is 0 Å². The second kappa shape index (κ2) is 12.6. The van der Waals surface area contributed by atoms with Crippen LogP contribution < -0.4 is 4.74 Å². The minimum absolute atomic E-state index is 0.127. The van der Waals surface area contributed by atoms with Crippen molar-refractivity contribution in [2.45, 2.75) is 66.2 Å². The molecule has 0 radical (unpaired) electrons. The van der Waals surface area contributed by atoms with Crippen LogP contribution >= 0.6 is 15.9 Å². The van der Waals surface area contributed by atoms with Crippen LogP contribution in [-0.4, -0.2) is 17.3 Å². The summed E-state index contributed by atoms with van der Waals surface area (Å²) in [4.78, 5) is 14.3. The van der Waals surface area contributed by atoms with E-state index in [1.807, 2.05) is 19.1 Å². The molecule has 162 valence electrons. The van der Waals surface area contributed by atoms with E-state index >= 15 is 0 Å². The molecule has 1 aliphatic heterocycles. The highest BCUT2D eigenvalue weighted by molar-refractivity contribution is 9.10. The lowest BCUT2D eigenvalue weighted by molar-refractivity contribution is -0.121. The molecule has 0 aliphatic carbocycles. The molecular weight excluding hydrogens is 438 g/mol. The number of rotatable bonds is 11. The highest BCUT2D eigenvalue weighted by Crippen LogP contribution is 2.31. The summed E-state index contributed by atoms with van der Waals surface area (Å²) >= 11 is 3.60. The Labute approximate surface area is 190 Å². The van der Waals surface area contributed by atoms with E-state index in [0.29, 0.717) is 6.42 Å². The quantitative estimate of drug-likeness (QED) is 0.334. The van der Waals surface area contributed by atoms with E-state index in [1.165, 1.54) is 17.0 Å². The summed E-state index contributed by atoms with van der Waals surface area (Å²) in [5.74, 6) is 0.917. The van der Waals surface area contributed by atoms with Gasteiger partial charge in [0.15, 0.2) is 5.78 Å². The molecule has 0 N–H and O–H groups in total. The Kier molecular flexibility index (Phi) is 10.2. The van der Waals surface area contributed by atoms with E-state index in [9.17, 15) is 4.79 Å². The third-order valence-corrected chi connectivity index (χ3v) is 5.64. The molecule has 0 unspecified atom stereocenters. The first kappa shape index (κ1) is 24.2. The molecule has 0 saturated heterocycles. The van der Waals surface area contributed by atoms with Crippen molar-refractivity contribution in [2.75, 3.05) is 6.61 Å². The lowest BCUT2D eigenvalue weighted by Gasteiger charge is -2.29. The monoisotopic (exact) mass is 471 g/mol. The molecule has 1 heterocycles. The zero-order chi connectivity index (χ0) is 21.9. The Morgan fingerprint density at radius 2 is 1.97 bits per heavy atom. The summed E-state index contributed by atoms with van der Waals surface area (Å²) < 4.78 is 6.95.